The smallest absolute Gasteiger partial charge is 0 e. The molecule has 0 saturated heterocycles. The van der Waals surface area contributed by atoms with Crippen LogP contribution in [0.1, 0.15) is 45.7 Å². The van der Waals surface area contributed by atoms with Crippen LogP contribution in [0, 0.1) is 18.8 Å². The number of fused-ring (bicyclic) bond motifs is 6. The first-order valence-electron chi connectivity index (χ1n) is 20.3. The molecule has 10 aromatic carbocycles. The van der Waals surface area contributed by atoms with Crippen molar-refractivity contribution in [2.45, 2.75) is 47.5 Å². The predicted octanol–water partition coefficient (Wildman–Crippen LogP) is 16.3. The van der Waals surface area contributed by atoms with Crippen molar-refractivity contribution in [3.63, 3.8) is 0 Å². The summed E-state index contributed by atoms with van der Waals surface area (Å²) in [5, 5.41) is 15.9. The molecule has 0 aromatic heterocycles. The van der Waals surface area contributed by atoms with Gasteiger partial charge in [-0.1, -0.05) is 136 Å². The Hall–Kier alpha value is -5.11. The van der Waals surface area contributed by atoms with Gasteiger partial charge in [-0.2, -0.15) is 19.1 Å². The zero-order valence-corrected chi connectivity index (χ0v) is 37.5. The summed E-state index contributed by atoms with van der Waals surface area (Å²) < 4.78 is 0. The van der Waals surface area contributed by atoms with Gasteiger partial charge in [0.2, 0.25) is 0 Å². The van der Waals surface area contributed by atoms with Crippen molar-refractivity contribution in [3.8, 4) is 22.3 Å². The number of hydrogen-bond donors (Lipinski definition) is 0. The molecule has 0 saturated carbocycles. The molecule has 0 aliphatic rings. The van der Waals surface area contributed by atoms with E-state index >= 15 is 0 Å². The topological polar surface area (TPSA) is 0 Å². The van der Waals surface area contributed by atoms with Crippen molar-refractivity contribution in [2.24, 2.45) is 11.8 Å². The van der Waals surface area contributed by atoms with Crippen LogP contribution in [-0.4, -0.2) is 0 Å². The van der Waals surface area contributed by atoms with Gasteiger partial charge in [0, 0.05) is 25.8 Å². The number of benzene rings is 8. The summed E-state index contributed by atoms with van der Waals surface area (Å²) in [5.74, 6) is 1.35. The first-order chi connectivity index (χ1) is 27.4. The predicted molar refractivity (Wildman–Crippen MR) is 248 cm³/mol. The van der Waals surface area contributed by atoms with Crippen molar-refractivity contribution < 1.29 is 25.8 Å². The van der Waals surface area contributed by atoms with E-state index in [1.807, 2.05) is 0 Å². The van der Waals surface area contributed by atoms with E-state index < -0.39 is 0 Å². The molecule has 282 valence electrons. The molecule has 0 radical (unpaired) electrons. The Morgan fingerprint density at radius 2 is 0.684 bits per heavy atom. The molecular weight excluding hydrogens is 851 g/mol. The van der Waals surface area contributed by atoms with E-state index in [2.05, 4.69) is 204 Å². The van der Waals surface area contributed by atoms with Crippen LogP contribution < -0.4 is 0 Å². The van der Waals surface area contributed by atoms with E-state index in [9.17, 15) is 0 Å². The standard InChI is InChI=1S/2C27H23.C2H5.Hf/c2*1-18(2)13-19-14-22-9-5-11-24(26(22)15-19)25-12-6-10-23-16-20-7-3-4-8-21(20)17-27(23)25;1-2;/h2*3-12,14-18H,13H2,1-2H3;1H2,2H3;/q3*-1;. The molecule has 57 heavy (non-hydrogen) atoms. The van der Waals surface area contributed by atoms with Gasteiger partial charge < -0.3 is 6.92 Å². The fraction of sp³-hybridized carbons (Fsp3) is 0.161. The first kappa shape index (κ1) is 40.1. The molecule has 10 aromatic rings. The minimum absolute atomic E-state index is 0. The van der Waals surface area contributed by atoms with Crippen LogP contribution in [0.5, 0.6) is 0 Å². The quantitative estimate of drug-likeness (QED) is 0.0886. The van der Waals surface area contributed by atoms with Gasteiger partial charge in [0.1, 0.15) is 0 Å². The second-order valence-corrected chi connectivity index (χ2v) is 16.0. The average Bonchev–Trinajstić information content (AvgIpc) is 3.82. The molecule has 0 unspecified atom stereocenters. The summed E-state index contributed by atoms with van der Waals surface area (Å²) >= 11 is 0. The Bertz CT molecular complexity index is 2750. The molecule has 0 fully saturated rings. The molecule has 10 rings (SSSR count). The monoisotopic (exact) mass is 903 g/mol. The van der Waals surface area contributed by atoms with Crippen LogP contribution in [0.4, 0.5) is 0 Å². The van der Waals surface area contributed by atoms with Gasteiger partial charge in [-0.3, -0.25) is 0 Å². The average molecular weight is 903 g/mol. The third-order valence-electron chi connectivity index (χ3n) is 11.0. The van der Waals surface area contributed by atoms with Gasteiger partial charge in [0.25, 0.3) is 0 Å². The maximum absolute atomic E-state index is 3.25. The minimum Gasteiger partial charge on any atom is -0.346 e. The zero-order chi connectivity index (χ0) is 38.8. The second kappa shape index (κ2) is 17.6. The van der Waals surface area contributed by atoms with Gasteiger partial charge in [-0.05, 0) is 103 Å². The number of rotatable bonds is 6. The Morgan fingerprint density at radius 1 is 0.368 bits per heavy atom. The van der Waals surface area contributed by atoms with E-state index in [-0.39, 0.29) is 25.8 Å². The van der Waals surface area contributed by atoms with Gasteiger partial charge in [0.15, 0.2) is 0 Å². The first-order valence-corrected chi connectivity index (χ1v) is 20.3. The third-order valence-corrected chi connectivity index (χ3v) is 11.0. The van der Waals surface area contributed by atoms with Crippen LogP contribution in [0.15, 0.2) is 170 Å². The second-order valence-electron chi connectivity index (χ2n) is 16.0. The maximum Gasteiger partial charge on any atom is 0 e. The van der Waals surface area contributed by atoms with Crippen molar-refractivity contribution in [1.82, 2.24) is 0 Å². The molecule has 0 nitrogen and oxygen atoms in total. The summed E-state index contributed by atoms with van der Waals surface area (Å²) in [6.07, 6.45) is 2.27. The molecule has 0 amide bonds. The van der Waals surface area contributed by atoms with Crippen molar-refractivity contribution in [1.29, 1.82) is 0 Å². The van der Waals surface area contributed by atoms with Gasteiger partial charge in [-0.15, -0.1) is 69.1 Å². The molecule has 0 bridgehead atoms. The van der Waals surface area contributed by atoms with Crippen LogP contribution in [0.25, 0.3) is 86.9 Å². The van der Waals surface area contributed by atoms with Crippen molar-refractivity contribution in [3.05, 3.63) is 188 Å². The van der Waals surface area contributed by atoms with Crippen LogP contribution in [-0.2, 0) is 38.7 Å². The maximum atomic E-state index is 3.25. The zero-order valence-electron chi connectivity index (χ0n) is 33.9. The fourth-order valence-electron chi connectivity index (χ4n) is 8.65. The summed E-state index contributed by atoms with van der Waals surface area (Å²) in [6.45, 7) is 14.1. The van der Waals surface area contributed by atoms with E-state index in [1.54, 1.807) is 6.92 Å². The molecule has 0 aliphatic carbocycles. The van der Waals surface area contributed by atoms with Crippen LogP contribution in [0.3, 0.4) is 0 Å². The Kier molecular flexibility index (Phi) is 12.4. The molecular formula is C56H51Hf-3. The van der Waals surface area contributed by atoms with Crippen LogP contribution in [0.2, 0.25) is 0 Å². The Labute approximate surface area is 357 Å². The fourth-order valence-corrected chi connectivity index (χ4v) is 8.65. The van der Waals surface area contributed by atoms with E-state index in [0.29, 0.717) is 11.8 Å². The summed E-state index contributed by atoms with van der Waals surface area (Å²) in [6, 6.07) is 62.8. The molecule has 0 aliphatic heterocycles. The molecule has 0 spiro atoms. The molecule has 0 N–H and O–H groups in total. The van der Waals surface area contributed by atoms with E-state index in [0.717, 1.165) is 12.8 Å². The minimum atomic E-state index is 0. The Morgan fingerprint density at radius 3 is 1.05 bits per heavy atom. The van der Waals surface area contributed by atoms with Crippen molar-refractivity contribution >= 4 is 64.6 Å². The number of hydrogen-bond acceptors (Lipinski definition) is 0. The third kappa shape index (κ3) is 8.32. The van der Waals surface area contributed by atoms with Crippen molar-refractivity contribution in [2.75, 3.05) is 0 Å². The summed E-state index contributed by atoms with van der Waals surface area (Å²) in [5.41, 5.74) is 8.21. The molecule has 0 heterocycles. The van der Waals surface area contributed by atoms with Crippen LogP contribution >= 0.6 is 0 Å². The van der Waals surface area contributed by atoms with Gasteiger partial charge in [-0.25, -0.2) is 0 Å². The normalized spacial score (nSPS) is 11.3. The molecule has 1 heteroatoms. The Balaban J connectivity index is 0.000000164. The van der Waals surface area contributed by atoms with Gasteiger partial charge in [0.05, 0.1) is 0 Å². The summed E-state index contributed by atoms with van der Waals surface area (Å²) in [4.78, 5) is 0. The van der Waals surface area contributed by atoms with Gasteiger partial charge >= 0.3 is 0 Å². The summed E-state index contributed by atoms with van der Waals surface area (Å²) in [7, 11) is 0. The van der Waals surface area contributed by atoms with E-state index in [1.165, 1.54) is 98.0 Å². The largest absolute Gasteiger partial charge is 0.346 e. The molecule has 0 atom stereocenters. The van der Waals surface area contributed by atoms with E-state index in [4.69, 9.17) is 0 Å². The SMILES string of the molecule is CC(C)Cc1cc2c(-c3cccc4cc5ccccc5cc34)cccc2[cH-]1.CC(C)Cc1cc2c(-c3cccc4cc5ccccc5cc34)cccc2[cH-]1.[CH2-]C.[Hf].